The van der Waals surface area contributed by atoms with Gasteiger partial charge in [0.1, 0.15) is 12.0 Å². The Morgan fingerprint density at radius 3 is 2.27 bits per heavy atom. The van der Waals surface area contributed by atoms with E-state index in [1.54, 1.807) is 27.6 Å². The quantitative estimate of drug-likeness (QED) is 0.489. The third-order valence-electron chi connectivity index (χ3n) is 4.58. The lowest BCUT2D eigenvalue weighted by molar-refractivity contribution is 0.306. The average Bonchev–Trinajstić information content (AvgIpc) is 3.21. The third kappa shape index (κ3) is 4.86. The van der Waals surface area contributed by atoms with E-state index >= 15 is 0 Å². The predicted octanol–water partition coefficient (Wildman–Crippen LogP) is 4.40. The lowest BCUT2D eigenvalue weighted by Gasteiger charge is -2.18. The second-order valence-corrected chi connectivity index (χ2v) is 6.78. The van der Waals surface area contributed by atoms with Crippen molar-refractivity contribution in [3.05, 3.63) is 53.9 Å². The predicted molar refractivity (Wildman–Crippen MR) is 114 cm³/mol. The molecule has 0 bridgehead atoms. The van der Waals surface area contributed by atoms with Gasteiger partial charge in [0.05, 0.1) is 39.2 Å². The Labute approximate surface area is 177 Å². The van der Waals surface area contributed by atoms with Crippen LogP contribution in [0.15, 0.2) is 47.1 Å². The first kappa shape index (κ1) is 21.5. The average molecular weight is 412 g/mol. The van der Waals surface area contributed by atoms with Crippen LogP contribution in [0.25, 0.3) is 11.5 Å². The Hall–Kier alpha value is -3.19. The van der Waals surface area contributed by atoms with Crippen LogP contribution in [-0.4, -0.2) is 44.9 Å². The highest BCUT2D eigenvalue weighted by Crippen LogP contribution is 2.38. The van der Waals surface area contributed by atoms with Crippen LogP contribution in [0.2, 0.25) is 0 Å². The molecule has 3 aromatic rings. The van der Waals surface area contributed by atoms with Gasteiger partial charge in [-0.1, -0.05) is 12.1 Å². The molecule has 0 atom stereocenters. The maximum absolute atomic E-state index is 5.72. The summed E-state index contributed by atoms with van der Waals surface area (Å²) in [6.07, 6.45) is 1.68. The second-order valence-electron chi connectivity index (χ2n) is 6.78. The van der Waals surface area contributed by atoms with E-state index < -0.39 is 0 Å². The van der Waals surface area contributed by atoms with Crippen molar-refractivity contribution in [2.24, 2.45) is 0 Å². The molecule has 0 unspecified atom stereocenters. The molecule has 1 aromatic heterocycles. The Bertz CT molecular complexity index is 945. The monoisotopic (exact) mass is 412 g/mol. The molecule has 0 N–H and O–H groups in total. The summed E-state index contributed by atoms with van der Waals surface area (Å²) in [5.41, 5.74) is 2.72. The van der Waals surface area contributed by atoms with Crippen LogP contribution in [0.1, 0.15) is 18.2 Å². The van der Waals surface area contributed by atoms with E-state index in [0.29, 0.717) is 42.8 Å². The van der Waals surface area contributed by atoms with E-state index in [-0.39, 0.29) is 0 Å². The molecule has 0 aliphatic carbocycles. The van der Waals surface area contributed by atoms with Crippen molar-refractivity contribution in [2.45, 2.75) is 20.0 Å². The smallest absolute Gasteiger partial charge is 0.229 e. The van der Waals surface area contributed by atoms with Crippen molar-refractivity contribution in [3.8, 4) is 34.5 Å². The summed E-state index contributed by atoms with van der Waals surface area (Å²) in [5.74, 6) is 3.17. The molecule has 7 heteroatoms. The van der Waals surface area contributed by atoms with Crippen LogP contribution < -0.4 is 18.9 Å². The fraction of sp³-hybridized carbons (Fsp3) is 0.348. The van der Waals surface area contributed by atoms with E-state index in [4.69, 9.17) is 23.4 Å². The highest BCUT2D eigenvalue weighted by molar-refractivity contribution is 5.62. The molecular formula is C23H28N2O5. The minimum atomic E-state index is 0.551. The summed E-state index contributed by atoms with van der Waals surface area (Å²) < 4.78 is 27.7. The molecule has 7 nitrogen and oxygen atoms in total. The number of oxazole rings is 1. The maximum Gasteiger partial charge on any atom is 0.229 e. The van der Waals surface area contributed by atoms with E-state index in [1.165, 1.54) is 0 Å². The van der Waals surface area contributed by atoms with Gasteiger partial charge in [0, 0.05) is 13.1 Å². The fourth-order valence-electron chi connectivity index (χ4n) is 3.30. The van der Waals surface area contributed by atoms with Gasteiger partial charge < -0.3 is 23.4 Å². The van der Waals surface area contributed by atoms with Crippen molar-refractivity contribution in [1.82, 2.24) is 9.88 Å². The number of ether oxygens (including phenoxy) is 4. The van der Waals surface area contributed by atoms with E-state index in [2.05, 4.69) is 9.88 Å². The lowest BCUT2D eigenvalue weighted by atomic mass is 10.1. The van der Waals surface area contributed by atoms with Gasteiger partial charge in [0.15, 0.2) is 11.5 Å². The van der Waals surface area contributed by atoms with Crippen molar-refractivity contribution in [2.75, 3.05) is 35.0 Å². The minimum Gasteiger partial charge on any atom is -0.493 e. The Kier molecular flexibility index (Phi) is 7.19. The number of nitrogens with zero attached hydrogens (tertiary/aromatic N) is 2. The third-order valence-corrected chi connectivity index (χ3v) is 4.58. The van der Waals surface area contributed by atoms with Crippen LogP contribution in [0.3, 0.4) is 0 Å². The molecule has 160 valence electrons. The zero-order valence-corrected chi connectivity index (χ0v) is 18.1. The van der Waals surface area contributed by atoms with Crippen LogP contribution in [0.4, 0.5) is 0 Å². The molecule has 30 heavy (non-hydrogen) atoms. The zero-order valence-electron chi connectivity index (χ0n) is 18.1. The zero-order chi connectivity index (χ0) is 21.5. The lowest BCUT2D eigenvalue weighted by Crippen LogP contribution is -2.17. The Morgan fingerprint density at radius 1 is 0.933 bits per heavy atom. The first-order valence-electron chi connectivity index (χ1n) is 9.73. The standard InChI is InChI=1S/C23H28N2O5/c1-6-29-19-10-8-7-9-18(19)23-24-17(15-30-23)14-25(2)13-16-11-20(26-3)22(28-5)21(12-16)27-4/h7-12,15H,6,13-14H2,1-5H3. The van der Waals surface area contributed by atoms with Gasteiger partial charge in [-0.25, -0.2) is 4.98 Å². The van der Waals surface area contributed by atoms with Crippen molar-refractivity contribution < 1.29 is 23.4 Å². The number of rotatable bonds is 10. The first-order chi connectivity index (χ1) is 14.6. The normalized spacial score (nSPS) is 10.9. The maximum atomic E-state index is 5.72. The van der Waals surface area contributed by atoms with Crippen LogP contribution in [0.5, 0.6) is 23.0 Å². The van der Waals surface area contributed by atoms with Gasteiger partial charge >= 0.3 is 0 Å². The van der Waals surface area contributed by atoms with Gasteiger partial charge in [-0.2, -0.15) is 0 Å². The van der Waals surface area contributed by atoms with Crippen molar-refractivity contribution >= 4 is 0 Å². The van der Waals surface area contributed by atoms with Crippen LogP contribution in [-0.2, 0) is 13.1 Å². The SMILES string of the molecule is CCOc1ccccc1-c1nc(CN(C)Cc2cc(OC)c(OC)c(OC)c2)co1. The molecule has 0 aliphatic heterocycles. The minimum absolute atomic E-state index is 0.551. The van der Waals surface area contributed by atoms with E-state index in [1.807, 2.05) is 50.4 Å². The molecular weight excluding hydrogens is 384 g/mol. The summed E-state index contributed by atoms with van der Waals surface area (Å²) in [7, 11) is 6.84. The number of aromatic nitrogens is 1. The summed E-state index contributed by atoms with van der Waals surface area (Å²) in [4.78, 5) is 6.78. The van der Waals surface area contributed by atoms with Crippen molar-refractivity contribution in [3.63, 3.8) is 0 Å². The largest absolute Gasteiger partial charge is 0.493 e. The van der Waals surface area contributed by atoms with Gasteiger partial charge in [0.2, 0.25) is 11.6 Å². The molecule has 1 heterocycles. The Balaban J connectivity index is 1.73. The van der Waals surface area contributed by atoms with Gasteiger partial charge in [0.25, 0.3) is 0 Å². The van der Waals surface area contributed by atoms with Crippen molar-refractivity contribution in [1.29, 1.82) is 0 Å². The fourth-order valence-corrected chi connectivity index (χ4v) is 3.30. The molecule has 0 aliphatic rings. The molecule has 0 spiro atoms. The molecule has 0 fully saturated rings. The van der Waals surface area contributed by atoms with E-state index in [9.17, 15) is 0 Å². The number of hydrogen-bond donors (Lipinski definition) is 0. The molecule has 0 amide bonds. The number of methoxy groups -OCH3 is 3. The summed E-state index contributed by atoms with van der Waals surface area (Å²) >= 11 is 0. The molecule has 0 saturated carbocycles. The molecule has 3 rings (SSSR count). The number of para-hydroxylation sites is 1. The second kappa shape index (κ2) is 10.0. The number of hydrogen-bond acceptors (Lipinski definition) is 7. The molecule has 0 saturated heterocycles. The molecule has 0 radical (unpaired) electrons. The number of benzene rings is 2. The first-order valence-corrected chi connectivity index (χ1v) is 9.73. The highest BCUT2D eigenvalue weighted by Gasteiger charge is 2.16. The summed E-state index contributed by atoms with van der Waals surface area (Å²) in [6, 6.07) is 11.6. The highest BCUT2D eigenvalue weighted by atomic mass is 16.5. The Morgan fingerprint density at radius 2 is 1.63 bits per heavy atom. The molecule has 2 aromatic carbocycles. The van der Waals surface area contributed by atoms with Gasteiger partial charge in [-0.05, 0) is 43.8 Å². The van der Waals surface area contributed by atoms with Gasteiger partial charge in [-0.3, -0.25) is 4.90 Å². The van der Waals surface area contributed by atoms with Gasteiger partial charge in [-0.15, -0.1) is 0 Å². The van der Waals surface area contributed by atoms with Crippen LogP contribution in [0, 0.1) is 0 Å². The summed E-state index contributed by atoms with van der Waals surface area (Å²) in [6.45, 7) is 3.84. The summed E-state index contributed by atoms with van der Waals surface area (Å²) in [5, 5.41) is 0. The van der Waals surface area contributed by atoms with Crippen LogP contribution >= 0.6 is 0 Å². The topological polar surface area (TPSA) is 66.2 Å². The van der Waals surface area contributed by atoms with E-state index in [0.717, 1.165) is 22.6 Å².